The fraction of sp³-hybridized carbons (Fsp3) is 0.353. The molecular weight excluding hydrogens is 294 g/mol. The topological polar surface area (TPSA) is 58.1 Å². The summed E-state index contributed by atoms with van der Waals surface area (Å²) in [6, 6.07) is 7.61. The van der Waals surface area contributed by atoms with E-state index in [1.165, 1.54) is 5.69 Å². The van der Waals surface area contributed by atoms with Crippen LogP contribution in [0.4, 0.5) is 5.69 Å². The summed E-state index contributed by atoms with van der Waals surface area (Å²) < 4.78 is 10.7. The van der Waals surface area contributed by atoms with Crippen molar-refractivity contribution < 1.29 is 14.6 Å². The van der Waals surface area contributed by atoms with Crippen LogP contribution in [0.2, 0.25) is 0 Å². The molecule has 0 atom stereocenters. The number of benzene rings is 1. The SMILES string of the molecule is Oc1cc2c(cc1CN1CCN(c3ccncc3)CC1)OCO2. The maximum absolute atomic E-state index is 10.2. The molecule has 0 aliphatic carbocycles. The summed E-state index contributed by atoms with van der Waals surface area (Å²) in [4.78, 5) is 8.76. The number of hydrogen-bond acceptors (Lipinski definition) is 6. The molecule has 4 rings (SSSR count). The number of phenolic OH excluding ortho intramolecular Hbond substituents is 1. The average molecular weight is 313 g/mol. The molecule has 0 bridgehead atoms. The van der Waals surface area contributed by atoms with E-state index in [1.54, 1.807) is 6.07 Å². The molecule has 1 fully saturated rings. The van der Waals surface area contributed by atoms with Gasteiger partial charge in [0.05, 0.1) is 0 Å². The molecule has 1 N–H and O–H groups in total. The number of aromatic nitrogens is 1. The average Bonchev–Trinajstić information content (AvgIpc) is 3.04. The van der Waals surface area contributed by atoms with Crippen molar-refractivity contribution in [2.24, 2.45) is 0 Å². The van der Waals surface area contributed by atoms with Crippen LogP contribution in [0.25, 0.3) is 0 Å². The molecule has 6 nitrogen and oxygen atoms in total. The Morgan fingerprint density at radius 2 is 1.70 bits per heavy atom. The van der Waals surface area contributed by atoms with Crippen LogP contribution in [-0.2, 0) is 6.54 Å². The molecular formula is C17H19N3O3. The number of ether oxygens (including phenoxy) is 2. The van der Waals surface area contributed by atoms with E-state index in [2.05, 4.69) is 14.8 Å². The molecule has 2 aromatic rings. The van der Waals surface area contributed by atoms with Crippen LogP contribution in [0.1, 0.15) is 5.56 Å². The molecule has 0 spiro atoms. The van der Waals surface area contributed by atoms with Crippen LogP contribution >= 0.6 is 0 Å². The number of pyridine rings is 1. The van der Waals surface area contributed by atoms with Crippen LogP contribution in [0.5, 0.6) is 17.2 Å². The van der Waals surface area contributed by atoms with Crippen LogP contribution < -0.4 is 14.4 Å². The Morgan fingerprint density at radius 1 is 1.00 bits per heavy atom. The van der Waals surface area contributed by atoms with Crippen molar-refractivity contribution in [2.45, 2.75) is 6.54 Å². The van der Waals surface area contributed by atoms with Crippen LogP contribution in [0.3, 0.4) is 0 Å². The number of phenols is 1. The van der Waals surface area contributed by atoms with Crippen molar-refractivity contribution in [3.63, 3.8) is 0 Å². The van der Waals surface area contributed by atoms with Crippen LogP contribution in [0, 0.1) is 0 Å². The minimum atomic E-state index is 0.225. The molecule has 2 aliphatic rings. The zero-order valence-electron chi connectivity index (χ0n) is 12.8. The van der Waals surface area contributed by atoms with Crippen molar-refractivity contribution in [3.05, 3.63) is 42.2 Å². The highest BCUT2D eigenvalue weighted by atomic mass is 16.7. The first kappa shape index (κ1) is 14.1. The van der Waals surface area contributed by atoms with Crippen molar-refractivity contribution in [3.8, 4) is 17.2 Å². The highest BCUT2D eigenvalue weighted by molar-refractivity contribution is 5.51. The maximum Gasteiger partial charge on any atom is 0.231 e. The van der Waals surface area contributed by atoms with Gasteiger partial charge in [0.2, 0.25) is 6.79 Å². The third-order valence-corrected chi connectivity index (χ3v) is 4.37. The molecule has 0 unspecified atom stereocenters. The predicted molar refractivity (Wildman–Crippen MR) is 86.0 cm³/mol. The molecule has 3 heterocycles. The van der Waals surface area contributed by atoms with Gasteiger partial charge < -0.3 is 19.5 Å². The van der Waals surface area contributed by atoms with Crippen LogP contribution in [-0.4, -0.2) is 48.0 Å². The first-order valence-electron chi connectivity index (χ1n) is 7.78. The first-order valence-corrected chi connectivity index (χ1v) is 7.78. The number of piperazine rings is 1. The fourth-order valence-electron chi connectivity index (χ4n) is 3.06. The third-order valence-electron chi connectivity index (χ3n) is 4.37. The molecule has 6 heteroatoms. The van der Waals surface area contributed by atoms with Gasteiger partial charge in [-0.15, -0.1) is 0 Å². The van der Waals surface area contributed by atoms with Gasteiger partial charge >= 0.3 is 0 Å². The lowest BCUT2D eigenvalue weighted by molar-refractivity contribution is 0.173. The second-order valence-corrected chi connectivity index (χ2v) is 5.80. The lowest BCUT2D eigenvalue weighted by atomic mass is 10.1. The van der Waals surface area contributed by atoms with Gasteiger partial charge in [-0.3, -0.25) is 9.88 Å². The fourth-order valence-corrected chi connectivity index (χ4v) is 3.06. The number of aromatic hydroxyl groups is 1. The van der Waals surface area contributed by atoms with E-state index < -0.39 is 0 Å². The first-order chi connectivity index (χ1) is 11.3. The Kier molecular flexibility index (Phi) is 3.67. The Bertz CT molecular complexity index is 685. The van der Waals surface area contributed by atoms with Crippen LogP contribution in [0.15, 0.2) is 36.7 Å². The van der Waals surface area contributed by atoms with Gasteiger partial charge in [-0.05, 0) is 18.2 Å². The molecule has 1 saturated heterocycles. The van der Waals surface area contributed by atoms with Gasteiger partial charge in [0.15, 0.2) is 11.5 Å². The van der Waals surface area contributed by atoms with Gasteiger partial charge in [0.25, 0.3) is 0 Å². The Balaban J connectivity index is 1.40. The predicted octanol–water partition coefficient (Wildman–Crippen LogP) is 1.84. The lowest BCUT2D eigenvalue weighted by Gasteiger charge is -2.36. The maximum atomic E-state index is 10.2. The van der Waals surface area contributed by atoms with E-state index >= 15 is 0 Å². The summed E-state index contributed by atoms with van der Waals surface area (Å²) in [6.07, 6.45) is 3.65. The zero-order valence-corrected chi connectivity index (χ0v) is 12.8. The van der Waals surface area contributed by atoms with Gasteiger partial charge in [-0.25, -0.2) is 0 Å². The summed E-state index contributed by atoms with van der Waals surface area (Å²) in [7, 11) is 0. The number of hydrogen-bond donors (Lipinski definition) is 1. The lowest BCUT2D eigenvalue weighted by Crippen LogP contribution is -2.45. The molecule has 0 amide bonds. The monoisotopic (exact) mass is 313 g/mol. The van der Waals surface area contributed by atoms with Gasteiger partial charge in [-0.1, -0.05) is 0 Å². The minimum Gasteiger partial charge on any atom is -0.507 e. The normalized spacial score (nSPS) is 17.5. The van der Waals surface area contributed by atoms with E-state index in [4.69, 9.17) is 9.47 Å². The van der Waals surface area contributed by atoms with E-state index in [0.29, 0.717) is 18.0 Å². The summed E-state index contributed by atoms with van der Waals surface area (Å²) in [5, 5.41) is 10.2. The molecule has 1 aromatic heterocycles. The molecule has 120 valence electrons. The van der Waals surface area contributed by atoms with E-state index in [0.717, 1.165) is 31.7 Å². The van der Waals surface area contributed by atoms with E-state index in [9.17, 15) is 5.11 Å². The van der Waals surface area contributed by atoms with Gasteiger partial charge in [-0.2, -0.15) is 0 Å². The van der Waals surface area contributed by atoms with E-state index in [-0.39, 0.29) is 12.5 Å². The second-order valence-electron chi connectivity index (χ2n) is 5.80. The molecule has 23 heavy (non-hydrogen) atoms. The summed E-state index contributed by atoms with van der Waals surface area (Å²) in [5.41, 5.74) is 2.09. The number of nitrogens with zero attached hydrogens (tertiary/aromatic N) is 3. The second kappa shape index (κ2) is 5.96. The number of rotatable bonds is 3. The molecule has 0 radical (unpaired) electrons. The summed E-state index contributed by atoms with van der Waals surface area (Å²) in [6.45, 7) is 4.78. The van der Waals surface area contributed by atoms with Crippen molar-refractivity contribution >= 4 is 5.69 Å². The van der Waals surface area contributed by atoms with Gasteiger partial charge in [0.1, 0.15) is 5.75 Å². The largest absolute Gasteiger partial charge is 0.507 e. The van der Waals surface area contributed by atoms with Crippen molar-refractivity contribution in [1.82, 2.24) is 9.88 Å². The third kappa shape index (κ3) is 2.90. The highest BCUT2D eigenvalue weighted by Gasteiger charge is 2.21. The standard InChI is InChI=1S/C17H19N3O3/c21-15-10-17-16(22-12-23-17)9-13(15)11-19-5-7-20(8-6-19)14-1-3-18-4-2-14/h1-4,9-10,21H,5-8,11-12H2. The van der Waals surface area contributed by atoms with E-state index in [1.807, 2.05) is 30.6 Å². The minimum absolute atomic E-state index is 0.225. The molecule has 1 aromatic carbocycles. The van der Waals surface area contributed by atoms with Crippen molar-refractivity contribution in [1.29, 1.82) is 0 Å². The summed E-state index contributed by atoms with van der Waals surface area (Å²) >= 11 is 0. The number of fused-ring (bicyclic) bond motifs is 1. The van der Waals surface area contributed by atoms with Gasteiger partial charge in [0, 0.05) is 62.4 Å². The highest BCUT2D eigenvalue weighted by Crippen LogP contribution is 2.38. The molecule has 0 saturated carbocycles. The quantitative estimate of drug-likeness (QED) is 0.933. The zero-order chi connectivity index (χ0) is 15.6. The Labute approximate surface area is 134 Å². The van der Waals surface area contributed by atoms with Crippen molar-refractivity contribution in [2.75, 3.05) is 37.9 Å². The summed E-state index contributed by atoms with van der Waals surface area (Å²) in [5.74, 6) is 1.60. The Morgan fingerprint density at radius 3 is 2.43 bits per heavy atom. The number of anilines is 1. The smallest absolute Gasteiger partial charge is 0.231 e. The molecule has 2 aliphatic heterocycles. The Hall–Kier alpha value is -2.47.